The van der Waals surface area contributed by atoms with Crippen LogP contribution in [0.2, 0.25) is 0 Å². The van der Waals surface area contributed by atoms with Gasteiger partial charge in [-0.1, -0.05) is 0 Å². The van der Waals surface area contributed by atoms with E-state index >= 15 is 0 Å². The quantitative estimate of drug-likeness (QED) is 0.500. The monoisotopic (exact) mass is 288 g/mol. The maximum Gasteiger partial charge on any atom is 0.322 e. The van der Waals surface area contributed by atoms with Crippen molar-refractivity contribution in [2.75, 3.05) is 18.8 Å². The van der Waals surface area contributed by atoms with Gasteiger partial charge in [0.25, 0.3) is 11.8 Å². The molecule has 7 nitrogen and oxygen atoms in total. The minimum absolute atomic E-state index is 0.154. The second-order valence-electron chi connectivity index (χ2n) is 5.54. The second-order valence-corrected chi connectivity index (χ2v) is 5.54. The zero-order valence-corrected chi connectivity index (χ0v) is 11.6. The summed E-state index contributed by atoms with van der Waals surface area (Å²) in [7, 11) is 0. The Balaban J connectivity index is 1.82. The number of nitrogens with zero attached hydrogens (tertiary/aromatic N) is 1. The molecular weight excluding hydrogens is 272 g/mol. The molecule has 4 N–H and O–H groups in total. The average Bonchev–Trinajstić information content (AvgIpc) is 2.94. The number of nitrogens with two attached hydrogens (primary N) is 1. The first-order chi connectivity index (χ1) is 9.91. The van der Waals surface area contributed by atoms with Crippen molar-refractivity contribution >= 4 is 23.5 Å². The lowest BCUT2D eigenvalue weighted by Gasteiger charge is -2.21. The number of rotatable bonds is 1. The predicted molar refractivity (Wildman–Crippen MR) is 75.5 cm³/mol. The fraction of sp³-hybridized carbons (Fsp3) is 0.357. The fourth-order valence-electron chi connectivity index (χ4n) is 2.90. The number of benzene rings is 1. The number of hydrogen-bond donors (Lipinski definition) is 3. The van der Waals surface area contributed by atoms with Gasteiger partial charge in [0.05, 0.1) is 6.54 Å². The number of urea groups is 1. The smallest absolute Gasteiger partial charge is 0.322 e. The van der Waals surface area contributed by atoms with Gasteiger partial charge in [-0.3, -0.25) is 14.9 Å². The third kappa shape index (κ3) is 2.10. The van der Waals surface area contributed by atoms with Crippen LogP contribution in [0.5, 0.6) is 0 Å². The third-order valence-corrected chi connectivity index (χ3v) is 4.05. The maximum atomic E-state index is 12.5. The molecule has 1 aromatic carbocycles. The Morgan fingerprint density at radius 2 is 2.14 bits per heavy atom. The van der Waals surface area contributed by atoms with E-state index in [0.29, 0.717) is 24.2 Å². The van der Waals surface area contributed by atoms with Crippen molar-refractivity contribution in [1.29, 1.82) is 0 Å². The molecule has 2 heterocycles. The molecule has 7 heteroatoms. The zero-order chi connectivity index (χ0) is 15.2. The predicted octanol–water partition coefficient (Wildman–Crippen LogP) is 0.00132. The number of anilines is 1. The van der Waals surface area contributed by atoms with Crippen molar-refractivity contribution < 1.29 is 14.4 Å². The first kappa shape index (κ1) is 13.4. The van der Waals surface area contributed by atoms with Crippen molar-refractivity contribution in [3.63, 3.8) is 0 Å². The van der Waals surface area contributed by atoms with Gasteiger partial charge in [0.15, 0.2) is 0 Å². The van der Waals surface area contributed by atoms with Crippen LogP contribution in [0.15, 0.2) is 18.2 Å². The van der Waals surface area contributed by atoms with Crippen molar-refractivity contribution in [3.8, 4) is 0 Å². The van der Waals surface area contributed by atoms with E-state index in [0.717, 1.165) is 5.56 Å². The Hall–Kier alpha value is -2.57. The van der Waals surface area contributed by atoms with Gasteiger partial charge >= 0.3 is 6.03 Å². The SMILES string of the molecule is Cc1cc(N)ccc1C(=O)N1CCC2(C1)NC(=O)NC2=O. The number of amides is 4. The van der Waals surface area contributed by atoms with Crippen molar-refractivity contribution in [2.24, 2.45) is 0 Å². The molecule has 0 bridgehead atoms. The Kier molecular flexibility index (Phi) is 2.86. The summed E-state index contributed by atoms with van der Waals surface area (Å²) >= 11 is 0. The number of nitrogens with one attached hydrogen (secondary N) is 2. The van der Waals surface area contributed by atoms with Gasteiger partial charge in [0.2, 0.25) is 0 Å². The van der Waals surface area contributed by atoms with E-state index in [2.05, 4.69) is 10.6 Å². The normalized spacial score (nSPS) is 24.3. The molecule has 1 aromatic rings. The van der Waals surface area contributed by atoms with Crippen LogP contribution in [-0.4, -0.2) is 41.4 Å². The number of aryl methyl sites for hydroxylation is 1. The van der Waals surface area contributed by atoms with E-state index in [1.807, 2.05) is 6.92 Å². The minimum Gasteiger partial charge on any atom is -0.399 e. The van der Waals surface area contributed by atoms with Crippen LogP contribution < -0.4 is 16.4 Å². The van der Waals surface area contributed by atoms with Crippen LogP contribution in [0.3, 0.4) is 0 Å². The summed E-state index contributed by atoms with van der Waals surface area (Å²) in [5, 5.41) is 4.85. The molecular formula is C14H16N4O3. The molecule has 2 fully saturated rings. The van der Waals surface area contributed by atoms with Gasteiger partial charge in [0, 0.05) is 17.8 Å². The largest absolute Gasteiger partial charge is 0.399 e. The molecule has 1 unspecified atom stereocenters. The molecule has 2 aliphatic rings. The Morgan fingerprint density at radius 3 is 2.76 bits per heavy atom. The van der Waals surface area contributed by atoms with Crippen LogP contribution in [0.1, 0.15) is 22.3 Å². The fourth-order valence-corrected chi connectivity index (χ4v) is 2.90. The van der Waals surface area contributed by atoms with Crippen LogP contribution in [-0.2, 0) is 4.79 Å². The Bertz CT molecular complexity index is 658. The van der Waals surface area contributed by atoms with Crippen molar-refractivity contribution in [1.82, 2.24) is 15.5 Å². The van der Waals surface area contributed by atoms with Crippen LogP contribution in [0.4, 0.5) is 10.5 Å². The van der Waals surface area contributed by atoms with E-state index < -0.39 is 11.6 Å². The molecule has 4 amide bonds. The van der Waals surface area contributed by atoms with Crippen LogP contribution in [0.25, 0.3) is 0 Å². The molecule has 0 saturated carbocycles. The van der Waals surface area contributed by atoms with Gasteiger partial charge in [-0.05, 0) is 37.1 Å². The van der Waals surface area contributed by atoms with Crippen LogP contribution >= 0.6 is 0 Å². The van der Waals surface area contributed by atoms with E-state index in [1.54, 1.807) is 23.1 Å². The summed E-state index contributed by atoms with van der Waals surface area (Å²) in [4.78, 5) is 37.3. The molecule has 3 rings (SSSR count). The average molecular weight is 288 g/mol. The van der Waals surface area contributed by atoms with Crippen molar-refractivity contribution in [2.45, 2.75) is 18.9 Å². The standard InChI is InChI=1S/C14H16N4O3/c1-8-6-9(15)2-3-10(8)11(19)18-5-4-14(7-18)12(20)16-13(21)17-14/h2-3,6H,4-5,7,15H2,1H3,(H2,16,17,20,21). The summed E-state index contributed by atoms with van der Waals surface area (Å²) in [5.41, 5.74) is 6.66. The molecule has 1 atom stereocenters. The molecule has 21 heavy (non-hydrogen) atoms. The van der Waals surface area contributed by atoms with Gasteiger partial charge in [-0.2, -0.15) is 0 Å². The lowest BCUT2D eigenvalue weighted by Crippen LogP contribution is -2.49. The van der Waals surface area contributed by atoms with Crippen molar-refractivity contribution in [3.05, 3.63) is 29.3 Å². The summed E-state index contributed by atoms with van der Waals surface area (Å²) in [5.74, 6) is -0.518. The van der Waals surface area contributed by atoms with E-state index in [1.165, 1.54) is 0 Å². The highest BCUT2D eigenvalue weighted by Crippen LogP contribution is 2.26. The van der Waals surface area contributed by atoms with E-state index in [-0.39, 0.29) is 18.4 Å². The van der Waals surface area contributed by atoms with Gasteiger partial charge < -0.3 is 16.0 Å². The number of imide groups is 1. The van der Waals surface area contributed by atoms with Gasteiger partial charge in [-0.15, -0.1) is 0 Å². The van der Waals surface area contributed by atoms with Crippen LogP contribution in [0, 0.1) is 6.92 Å². The summed E-state index contributed by atoms with van der Waals surface area (Å²) in [6.07, 6.45) is 0.421. The number of hydrogen-bond acceptors (Lipinski definition) is 4. The highest BCUT2D eigenvalue weighted by Gasteiger charge is 2.51. The first-order valence-electron chi connectivity index (χ1n) is 6.70. The molecule has 0 radical (unpaired) electrons. The second kappa shape index (κ2) is 4.47. The summed E-state index contributed by atoms with van der Waals surface area (Å²) in [6, 6.07) is 4.60. The summed E-state index contributed by atoms with van der Waals surface area (Å²) < 4.78 is 0. The topological polar surface area (TPSA) is 105 Å². The van der Waals surface area contributed by atoms with Gasteiger partial charge in [0.1, 0.15) is 5.54 Å². The molecule has 0 aliphatic carbocycles. The zero-order valence-electron chi connectivity index (χ0n) is 11.6. The van der Waals surface area contributed by atoms with E-state index in [4.69, 9.17) is 5.73 Å². The molecule has 0 aromatic heterocycles. The number of carbonyl (C=O) groups excluding carboxylic acids is 3. The maximum absolute atomic E-state index is 12.5. The number of nitrogen functional groups attached to an aromatic ring is 1. The minimum atomic E-state index is -0.978. The number of likely N-dealkylation sites (tertiary alicyclic amines) is 1. The Labute approximate surface area is 121 Å². The van der Waals surface area contributed by atoms with Gasteiger partial charge in [-0.25, -0.2) is 4.79 Å². The molecule has 2 aliphatic heterocycles. The van der Waals surface area contributed by atoms with E-state index in [9.17, 15) is 14.4 Å². The number of carbonyl (C=O) groups is 3. The molecule has 1 spiro atoms. The highest BCUT2D eigenvalue weighted by molar-refractivity contribution is 6.08. The lowest BCUT2D eigenvalue weighted by molar-refractivity contribution is -0.123. The Morgan fingerprint density at radius 1 is 1.38 bits per heavy atom. The summed E-state index contributed by atoms with van der Waals surface area (Å²) in [6.45, 7) is 2.43. The molecule has 110 valence electrons. The first-order valence-corrected chi connectivity index (χ1v) is 6.70. The third-order valence-electron chi connectivity index (χ3n) is 4.05. The highest BCUT2D eigenvalue weighted by atomic mass is 16.2. The lowest BCUT2D eigenvalue weighted by atomic mass is 9.99. The molecule has 2 saturated heterocycles.